The number of furan rings is 1. The van der Waals surface area contributed by atoms with Crippen LogP contribution >= 0.6 is 0 Å². The predicted molar refractivity (Wildman–Crippen MR) is 79.0 cm³/mol. The van der Waals surface area contributed by atoms with Crippen LogP contribution in [-0.2, 0) is 20.7 Å². The van der Waals surface area contributed by atoms with Crippen molar-refractivity contribution >= 4 is 5.91 Å². The second-order valence-electron chi connectivity index (χ2n) is 6.40. The van der Waals surface area contributed by atoms with Crippen molar-refractivity contribution < 1.29 is 18.7 Å². The summed E-state index contributed by atoms with van der Waals surface area (Å²) in [4.78, 5) is 12.3. The van der Waals surface area contributed by atoms with E-state index in [4.69, 9.17) is 13.9 Å². The van der Waals surface area contributed by atoms with Gasteiger partial charge in [-0.25, -0.2) is 0 Å². The zero-order chi connectivity index (χ0) is 15.5. The van der Waals surface area contributed by atoms with Gasteiger partial charge in [-0.1, -0.05) is 27.7 Å². The number of aryl methyl sites for hydroxylation is 1. The van der Waals surface area contributed by atoms with Crippen LogP contribution in [0.4, 0.5) is 0 Å². The Kier molecular flexibility index (Phi) is 5.06. The van der Waals surface area contributed by atoms with Crippen LogP contribution in [-0.4, -0.2) is 31.8 Å². The molecule has 0 aromatic carbocycles. The molecular weight excluding hydrogens is 270 g/mol. The SMILES string of the molecule is CCc1ccc([C@H](NC(=O)[C@@H]2COCCO2)C(C)(C)C)o1. The maximum absolute atomic E-state index is 12.3. The molecule has 0 aliphatic carbocycles. The van der Waals surface area contributed by atoms with Gasteiger partial charge in [0.25, 0.3) is 5.91 Å². The molecular formula is C16H25NO4. The first kappa shape index (κ1) is 16.0. The van der Waals surface area contributed by atoms with Crippen molar-refractivity contribution in [1.29, 1.82) is 0 Å². The highest BCUT2D eigenvalue weighted by Gasteiger charge is 2.33. The van der Waals surface area contributed by atoms with Gasteiger partial charge in [-0.05, 0) is 17.5 Å². The summed E-state index contributed by atoms with van der Waals surface area (Å²) in [7, 11) is 0. The average molecular weight is 295 g/mol. The fraction of sp³-hybridized carbons (Fsp3) is 0.688. The van der Waals surface area contributed by atoms with Crippen LogP contribution in [0.25, 0.3) is 0 Å². The van der Waals surface area contributed by atoms with Gasteiger partial charge in [-0.2, -0.15) is 0 Å². The minimum atomic E-state index is -0.538. The van der Waals surface area contributed by atoms with E-state index in [1.807, 2.05) is 19.1 Å². The molecule has 1 aromatic heterocycles. The number of hydrogen-bond donors (Lipinski definition) is 1. The third-order valence-corrected chi connectivity index (χ3v) is 3.58. The molecule has 1 saturated heterocycles. The first-order valence-electron chi connectivity index (χ1n) is 7.50. The van der Waals surface area contributed by atoms with Crippen LogP contribution in [0.3, 0.4) is 0 Å². The molecule has 0 spiro atoms. The van der Waals surface area contributed by atoms with Gasteiger partial charge in [0, 0.05) is 6.42 Å². The van der Waals surface area contributed by atoms with Gasteiger partial charge in [-0.3, -0.25) is 4.79 Å². The number of carbonyl (C=O) groups excluding carboxylic acids is 1. The van der Waals surface area contributed by atoms with Gasteiger partial charge in [0.1, 0.15) is 11.5 Å². The fourth-order valence-electron chi connectivity index (χ4n) is 2.33. The topological polar surface area (TPSA) is 60.7 Å². The molecule has 0 radical (unpaired) electrons. The average Bonchev–Trinajstić information content (AvgIpc) is 2.92. The van der Waals surface area contributed by atoms with E-state index in [0.717, 1.165) is 17.9 Å². The maximum atomic E-state index is 12.3. The largest absolute Gasteiger partial charge is 0.464 e. The van der Waals surface area contributed by atoms with E-state index >= 15 is 0 Å². The lowest BCUT2D eigenvalue weighted by Gasteiger charge is -2.32. The number of ether oxygens (including phenoxy) is 2. The minimum absolute atomic E-state index is 0.149. The van der Waals surface area contributed by atoms with E-state index in [9.17, 15) is 4.79 Å². The third-order valence-electron chi connectivity index (χ3n) is 3.58. The lowest BCUT2D eigenvalue weighted by atomic mass is 9.85. The highest BCUT2D eigenvalue weighted by molar-refractivity contribution is 5.81. The van der Waals surface area contributed by atoms with E-state index in [0.29, 0.717) is 19.8 Å². The Bertz CT molecular complexity index is 469. The van der Waals surface area contributed by atoms with Crippen LogP contribution in [0.2, 0.25) is 0 Å². The van der Waals surface area contributed by atoms with Crippen LogP contribution in [0.15, 0.2) is 16.5 Å². The summed E-state index contributed by atoms with van der Waals surface area (Å²) in [6, 6.07) is 3.70. The molecule has 2 atom stereocenters. The van der Waals surface area contributed by atoms with Gasteiger partial charge >= 0.3 is 0 Å². The number of nitrogens with one attached hydrogen (secondary N) is 1. The summed E-state index contributed by atoms with van der Waals surface area (Å²) in [5.74, 6) is 1.55. The van der Waals surface area contributed by atoms with Crippen molar-refractivity contribution in [1.82, 2.24) is 5.32 Å². The second kappa shape index (κ2) is 6.62. The second-order valence-corrected chi connectivity index (χ2v) is 6.40. The normalized spacial score (nSPS) is 21.0. The summed E-state index contributed by atoms with van der Waals surface area (Å²) in [6.45, 7) is 9.57. The Morgan fingerprint density at radius 2 is 2.14 bits per heavy atom. The van der Waals surface area contributed by atoms with Crippen molar-refractivity contribution in [3.8, 4) is 0 Å². The van der Waals surface area contributed by atoms with E-state index in [-0.39, 0.29) is 17.4 Å². The monoisotopic (exact) mass is 295 g/mol. The molecule has 0 bridgehead atoms. The molecule has 21 heavy (non-hydrogen) atoms. The summed E-state index contributed by atoms with van der Waals surface area (Å²) >= 11 is 0. The summed E-state index contributed by atoms with van der Waals surface area (Å²) in [5, 5.41) is 3.04. The lowest BCUT2D eigenvalue weighted by molar-refractivity contribution is -0.149. The van der Waals surface area contributed by atoms with Gasteiger partial charge in [-0.15, -0.1) is 0 Å². The first-order chi connectivity index (χ1) is 9.91. The molecule has 0 unspecified atom stereocenters. The lowest BCUT2D eigenvalue weighted by Crippen LogP contribution is -2.46. The van der Waals surface area contributed by atoms with E-state index in [1.54, 1.807) is 0 Å². The maximum Gasteiger partial charge on any atom is 0.252 e. The fourth-order valence-corrected chi connectivity index (χ4v) is 2.33. The van der Waals surface area contributed by atoms with Crippen molar-refractivity contribution in [3.63, 3.8) is 0 Å². The Hall–Kier alpha value is -1.33. The number of amides is 1. The van der Waals surface area contributed by atoms with Crippen LogP contribution < -0.4 is 5.32 Å². The molecule has 1 amide bonds. The zero-order valence-electron chi connectivity index (χ0n) is 13.3. The van der Waals surface area contributed by atoms with Gasteiger partial charge in [0.2, 0.25) is 0 Å². The highest BCUT2D eigenvalue weighted by Crippen LogP contribution is 2.34. The quantitative estimate of drug-likeness (QED) is 0.927. The van der Waals surface area contributed by atoms with E-state index < -0.39 is 6.10 Å². The van der Waals surface area contributed by atoms with E-state index in [1.165, 1.54) is 0 Å². The predicted octanol–water partition coefficient (Wildman–Crippen LogP) is 2.46. The molecule has 2 heterocycles. The van der Waals surface area contributed by atoms with Gasteiger partial charge < -0.3 is 19.2 Å². The van der Waals surface area contributed by atoms with Gasteiger partial charge in [0.15, 0.2) is 6.10 Å². The summed E-state index contributed by atoms with van der Waals surface area (Å²) < 4.78 is 16.6. The Labute approximate surface area is 126 Å². The summed E-state index contributed by atoms with van der Waals surface area (Å²) in [5.41, 5.74) is -0.159. The van der Waals surface area contributed by atoms with Crippen molar-refractivity contribution in [2.24, 2.45) is 5.41 Å². The van der Waals surface area contributed by atoms with E-state index in [2.05, 4.69) is 26.1 Å². The molecule has 1 aliphatic rings. The van der Waals surface area contributed by atoms with Crippen molar-refractivity contribution in [2.45, 2.75) is 46.3 Å². The van der Waals surface area contributed by atoms with Gasteiger partial charge in [0.05, 0.1) is 25.9 Å². The molecule has 0 saturated carbocycles. The number of hydrogen-bond acceptors (Lipinski definition) is 4. The van der Waals surface area contributed by atoms with Crippen molar-refractivity contribution in [3.05, 3.63) is 23.7 Å². The Balaban J connectivity index is 2.11. The Morgan fingerprint density at radius 1 is 1.38 bits per heavy atom. The summed E-state index contributed by atoms with van der Waals surface area (Å²) in [6.07, 6.45) is 0.300. The molecule has 118 valence electrons. The molecule has 1 fully saturated rings. The van der Waals surface area contributed by atoms with Crippen LogP contribution in [0.5, 0.6) is 0 Å². The molecule has 5 heteroatoms. The number of carbonyl (C=O) groups is 1. The number of rotatable bonds is 4. The molecule has 1 N–H and O–H groups in total. The molecule has 2 rings (SSSR count). The standard InChI is InChI=1S/C16H25NO4/c1-5-11-6-7-12(21-11)14(16(2,3)4)17-15(18)13-10-19-8-9-20-13/h6-7,13-14H,5,8-10H2,1-4H3,(H,17,18)/t13-,14-/m0/s1. The third kappa shape index (κ3) is 4.08. The molecule has 1 aromatic rings. The Morgan fingerprint density at radius 3 is 2.67 bits per heavy atom. The zero-order valence-corrected chi connectivity index (χ0v) is 13.3. The van der Waals surface area contributed by atoms with Crippen molar-refractivity contribution in [2.75, 3.05) is 19.8 Å². The first-order valence-corrected chi connectivity index (χ1v) is 7.50. The minimum Gasteiger partial charge on any atom is -0.464 e. The molecule has 5 nitrogen and oxygen atoms in total. The smallest absolute Gasteiger partial charge is 0.252 e. The molecule has 1 aliphatic heterocycles. The highest BCUT2D eigenvalue weighted by atomic mass is 16.6. The van der Waals surface area contributed by atoms with Crippen LogP contribution in [0, 0.1) is 5.41 Å². The van der Waals surface area contributed by atoms with Crippen LogP contribution in [0.1, 0.15) is 45.3 Å².